The number of ether oxygens (including phenoxy) is 1. The van der Waals surface area contributed by atoms with Crippen LogP contribution < -0.4 is 9.46 Å². The lowest BCUT2D eigenvalue weighted by molar-refractivity contribution is -0.0429. The van der Waals surface area contributed by atoms with Crippen molar-refractivity contribution in [2.24, 2.45) is 0 Å². The van der Waals surface area contributed by atoms with E-state index in [0.717, 1.165) is 0 Å². The molecule has 0 radical (unpaired) electrons. The van der Waals surface area contributed by atoms with E-state index >= 15 is 0 Å². The third-order valence-corrected chi connectivity index (χ3v) is 5.50. The zero-order valence-corrected chi connectivity index (χ0v) is 16.3. The molecule has 148 valence electrons. The number of sulfonamides is 1. The monoisotopic (exact) mass is 449 g/mol. The Labute approximate surface area is 168 Å². The molecule has 0 saturated heterocycles. The van der Waals surface area contributed by atoms with Gasteiger partial charge in [0, 0.05) is 26.7 Å². The molecule has 3 rings (SSSR count). The predicted molar refractivity (Wildman–Crippen MR) is 103 cm³/mol. The van der Waals surface area contributed by atoms with Crippen LogP contribution in [0.2, 0.25) is 10.0 Å². The number of hydrogen-bond donors (Lipinski definition) is 1. The molecule has 0 aliphatic heterocycles. The summed E-state index contributed by atoms with van der Waals surface area (Å²) in [6, 6.07) is 13.9. The van der Waals surface area contributed by atoms with Crippen LogP contribution in [0.25, 0.3) is 10.8 Å². The molecule has 0 saturated carbocycles. The molecule has 0 aromatic heterocycles. The highest BCUT2D eigenvalue weighted by atomic mass is 35.5. The Hall–Kier alpha value is -2.16. The highest BCUT2D eigenvalue weighted by Gasteiger charge is 2.46. The van der Waals surface area contributed by atoms with Crippen molar-refractivity contribution in [1.82, 2.24) is 0 Å². The SMILES string of the molecule is O=S(=O)(Nc1ccc2c(OCc3ccc(Cl)cc3Cl)cccc2c1)C(F)(F)F. The van der Waals surface area contributed by atoms with Gasteiger partial charge in [0.2, 0.25) is 0 Å². The molecular weight excluding hydrogens is 438 g/mol. The summed E-state index contributed by atoms with van der Waals surface area (Å²) >= 11 is 12.0. The number of alkyl halides is 3. The van der Waals surface area contributed by atoms with Crippen molar-refractivity contribution in [2.45, 2.75) is 12.1 Å². The van der Waals surface area contributed by atoms with Gasteiger partial charge >= 0.3 is 15.5 Å². The van der Waals surface area contributed by atoms with E-state index in [-0.39, 0.29) is 12.3 Å². The van der Waals surface area contributed by atoms with Gasteiger partial charge in [0.15, 0.2) is 0 Å². The van der Waals surface area contributed by atoms with Gasteiger partial charge in [0.25, 0.3) is 0 Å². The summed E-state index contributed by atoms with van der Waals surface area (Å²) in [7, 11) is -5.49. The summed E-state index contributed by atoms with van der Waals surface area (Å²) in [6.07, 6.45) is 0. The Morgan fingerprint density at radius 2 is 1.75 bits per heavy atom. The molecule has 3 aromatic rings. The van der Waals surface area contributed by atoms with Gasteiger partial charge in [-0.3, -0.25) is 4.72 Å². The highest BCUT2D eigenvalue weighted by Crippen LogP contribution is 2.31. The highest BCUT2D eigenvalue weighted by molar-refractivity contribution is 7.93. The summed E-state index contributed by atoms with van der Waals surface area (Å²) in [5.41, 5.74) is -4.90. The lowest BCUT2D eigenvalue weighted by atomic mass is 10.1. The minimum Gasteiger partial charge on any atom is -0.488 e. The smallest absolute Gasteiger partial charge is 0.488 e. The molecule has 28 heavy (non-hydrogen) atoms. The van der Waals surface area contributed by atoms with Crippen LogP contribution >= 0.6 is 23.2 Å². The zero-order valence-electron chi connectivity index (χ0n) is 13.9. The number of halogens is 5. The molecule has 0 spiro atoms. The molecule has 0 fully saturated rings. The minimum absolute atomic E-state index is 0.150. The van der Waals surface area contributed by atoms with E-state index in [1.54, 1.807) is 36.4 Å². The lowest BCUT2D eigenvalue weighted by Crippen LogP contribution is -2.29. The van der Waals surface area contributed by atoms with Gasteiger partial charge in [-0.25, -0.2) is 0 Å². The van der Waals surface area contributed by atoms with Crippen LogP contribution in [0.5, 0.6) is 5.75 Å². The molecular formula is C18H12Cl2F3NO3S. The molecule has 0 bridgehead atoms. The van der Waals surface area contributed by atoms with E-state index in [4.69, 9.17) is 27.9 Å². The number of fused-ring (bicyclic) bond motifs is 1. The maximum Gasteiger partial charge on any atom is 0.516 e. The Kier molecular flexibility index (Phi) is 5.65. The summed E-state index contributed by atoms with van der Waals surface area (Å²) in [5.74, 6) is 0.466. The standard InChI is InChI=1S/C18H12Cl2F3NO3S/c19-13-5-4-12(16(20)9-13)10-27-17-3-1-2-11-8-14(6-7-15(11)17)24-28(25,26)18(21,22)23/h1-9,24H,10H2. The Morgan fingerprint density at radius 1 is 1.00 bits per heavy atom. The third kappa shape index (κ3) is 4.45. The molecule has 0 heterocycles. The Morgan fingerprint density at radius 3 is 2.43 bits per heavy atom. The number of rotatable bonds is 5. The second kappa shape index (κ2) is 7.69. The Balaban J connectivity index is 1.85. The molecule has 4 nitrogen and oxygen atoms in total. The average Bonchev–Trinajstić information content (AvgIpc) is 2.59. The fraction of sp³-hybridized carbons (Fsp3) is 0.111. The first-order chi connectivity index (χ1) is 13.1. The summed E-state index contributed by atoms with van der Waals surface area (Å²) in [4.78, 5) is 0. The van der Waals surface area contributed by atoms with E-state index in [1.807, 2.05) is 0 Å². The van der Waals surface area contributed by atoms with E-state index < -0.39 is 15.5 Å². The van der Waals surface area contributed by atoms with Gasteiger partial charge in [0.1, 0.15) is 12.4 Å². The van der Waals surface area contributed by atoms with E-state index in [9.17, 15) is 21.6 Å². The second-order valence-electron chi connectivity index (χ2n) is 5.77. The van der Waals surface area contributed by atoms with Crippen molar-refractivity contribution in [1.29, 1.82) is 0 Å². The molecule has 0 aliphatic rings. The number of nitrogens with one attached hydrogen (secondary N) is 1. The molecule has 0 unspecified atom stereocenters. The van der Waals surface area contributed by atoms with Gasteiger partial charge in [-0.05, 0) is 41.8 Å². The second-order valence-corrected chi connectivity index (χ2v) is 8.29. The first-order valence-electron chi connectivity index (χ1n) is 7.75. The fourth-order valence-corrected chi connectivity index (χ4v) is 3.47. The number of hydrogen-bond acceptors (Lipinski definition) is 3. The van der Waals surface area contributed by atoms with Gasteiger partial charge in [-0.15, -0.1) is 0 Å². The van der Waals surface area contributed by atoms with Gasteiger partial charge in [0.05, 0.1) is 0 Å². The van der Waals surface area contributed by atoms with Crippen LogP contribution in [-0.4, -0.2) is 13.9 Å². The molecule has 3 aromatic carbocycles. The maximum atomic E-state index is 12.5. The van der Waals surface area contributed by atoms with Crippen molar-refractivity contribution in [3.8, 4) is 5.75 Å². The number of anilines is 1. The molecule has 0 atom stereocenters. The minimum atomic E-state index is -5.49. The maximum absolute atomic E-state index is 12.5. The molecule has 10 heteroatoms. The summed E-state index contributed by atoms with van der Waals surface area (Å²) < 4.78 is 67.4. The third-order valence-electron chi connectivity index (χ3n) is 3.80. The average molecular weight is 450 g/mol. The topological polar surface area (TPSA) is 55.4 Å². The van der Waals surface area contributed by atoms with Gasteiger partial charge < -0.3 is 4.74 Å². The van der Waals surface area contributed by atoms with Gasteiger partial charge in [-0.2, -0.15) is 21.6 Å². The van der Waals surface area contributed by atoms with E-state index in [2.05, 4.69) is 0 Å². The first-order valence-corrected chi connectivity index (χ1v) is 9.99. The fourth-order valence-electron chi connectivity index (χ4n) is 2.45. The largest absolute Gasteiger partial charge is 0.516 e. The van der Waals surface area contributed by atoms with E-state index in [1.165, 1.54) is 22.9 Å². The van der Waals surface area contributed by atoms with Crippen molar-refractivity contribution in [3.05, 3.63) is 70.2 Å². The zero-order chi connectivity index (χ0) is 20.5. The van der Waals surface area contributed by atoms with Crippen molar-refractivity contribution in [2.75, 3.05) is 4.72 Å². The first kappa shape index (κ1) is 20.6. The quantitative estimate of drug-likeness (QED) is 0.520. The van der Waals surface area contributed by atoms with E-state index in [0.29, 0.717) is 32.1 Å². The van der Waals surface area contributed by atoms with Crippen LogP contribution in [0.4, 0.5) is 18.9 Å². The van der Waals surface area contributed by atoms with Crippen LogP contribution in [0.3, 0.4) is 0 Å². The number of benzene rings is 3. The predicted octanol–water partition coefficient (Wildman–Crippen LogP) is 5.99. The summed E-state index contributed by atoms with van der Waals surface area (Å²) in [5, 5.41) is 2.04. The Bertz CT molecular complexity index is 1130. The lowest BCUT2D eigenvalue weighted by Gasteiger charge is -2.13. The molecule has 0 amide bonds. The molecule has 1 N–H and O–H groups in total. The van der Waals surface area contributed by atoms with Gasteiger partial charge in [-0.1, -0.05) is 41.4 Å². The van der Waals surface area contributed by atoms with Crippen molar-refractivity contribution < 1.29 is 26.3 Å². The summed E-state index contributed by atoms with van der Waals surface area (Å²) in [6.45, 7) is 0.150. The van der Waals surface area contributed by atoms with Crippen LogP contribution in [0.1, 0.15) is 5.56 Å². The van der Waals surface area contributed by atoms with Crippen LogP contribution in [0.15, 0.2) is 54.6 Å². The molecule has 0 aliphatic carbocycles. The van der Waals surface area contributed by atoms with Crippen molar-refractivity contribution >= 4 is 49.7 Å². The normalized spacial score (nSPS) is 12.2. The van der Waals surface area contributed by atoms with Crippen molar-refractivity contribution in [3.63, 3.8) is 0 Å². The van der Waals surface area contributed by atoms with Crippen LogP contribution in [0, 0.1) is 0 Å². The van der Waals surface area contributed by atoms with Crippen LogP contribution in [-0.2, 0) is 16.6 Å².